The predicted octanol–water partition coefficient (Wildman–Crippen LogP) is 4.51. The maximum Gasteiger partial charge on any atom is 0.406 e. The molecule has 3 aromatic rings. The first-order chi connectivity index (χ1) is 20.1. The van der Waals surface area contributed by atoms with Gasteiger partial charge in [-0.3, -0.25) is 4.79 Å². The molecule has 0 unspecified atom stereocenters. The molecule has 1 saturated heterocycles. The van der Waals surface area contributed by atoms with Crippen LogP contribution >= 0.6 is 0 Å². The van der Waals surface area contributed by atoms with Gasteiger partial charge in [-0.05, 0) is 55.8 Å². The van der Waals surface area contributed by atoms with Crippen LogP contribution in [0.5, 0.6) is 5.75 Å². The average Bonchev–Trinajstić information content (AvgIpc) is 3.29. The Bertz CT molecular complexity index is 1450. The molecule has 226 valence electrons. The molecule has 0 aliphatic carbocycles. The number of nitrogens with zero attached hydrogens (tertiary/aromatic N) is 2. The summed E-state index contributed by atoms with van der Waals surface area (Å²) in [5.74, 6) is 5.89. The maximum absolute atomic E-state index is 14.7. The highest BCUT2D eigenvalue weighted by Gasteiger charge is 2.31. The highest BCUT2D eigenvalue weighted by molar-refractivity contribution is 5.95. The number of amides is 1. The minimum Gasteiger partial charge on any atom is -0.495 e. The second-order valence-corrected chi connectivity index (χ2v) is 10.1. The van der Waals surface area contributed by atoms with Crippen molar-refractivity contribution in [1.29, 1.82) is 0 Å². The monoisotopic (exact) mass is 589 g/mol. The van der Waals surface area contributed by atoms with Gasteiger partial charge >= 0.3 is 6.18 Å². The van der Waals surface area contributed by atoms with Crippen molar-refractivity contribution in [3.63, 3.8) is 0 Å². The molecule has 1 fully saturated rings. The average molecular weight is 590 g/mol. The fraction of sp³-hybridized carbons (Fsp3) is 0.433. The molecule has 0 bridgehead atoms. The highest BCUT2D eigenvalue weighted by Crippen LogP contribution is 2.32. The summed E-state index contributed by atoms with van der Waals surface area (Å²) in [5, 5.41) is 9.59. The molecule has 42 heavy (non-hydrogen) atoms. The predicted molar refractivity (Wildman–Crippen MR) is 155 cm³/mol. The number of piperidine rings is 1. The van der Waals surface area contributed by atoms with Crippen LogP contribution in [0.1, 0.15) is 22.5 Å². The lowest BCUT2D eigenvalue weighted by Gasteiger charge is -2.33. The Morgan fingerprint density at radius 1 is 1.14 bits per heavy atom. The summed E-state index contributed by atoms with van der Waals surface area (Å²) < 4.78 is 66.8. The van der Waals surface area contributed by atoms with Gasteiger partial charge in [0.15, 0.2) is 0 Å². The van der Waals surface area contributed by atoms with Crippen molar-refractivity contribution in [2.45, 2.75) is 31.4 Å². The quantitative estimate of drug-likeness (QED) is 0.184. The summed E-state index contributed by atoms with van der Waals surface area (Å²) in [6.45, 7) is 0.665. The van der Waals surface area contributed by atoms with Crippen LogP contribution < -0.4 is 20.7 Å². The normalized spacial score (nSPS) is 17.4. The van der Waals surface area contributed by atoms with Crippen LogP contribution in [0.4, 0.5) is 28.9 Å². The minimum atomic E-state index is -4.47. The largest absolute Gasteiger partial charge is 0.495 e. The molecule has 0 spiro atoms. The van der Waals surface area contributed by atoms with Crippen molar-refractivity contribution in [1.82, 2.24) is 14.8 Å². The number of likely N-dealkylation sites (tertiary alicyclic amines) is 1. The number of benzene rings is 2. The van der Waals surface area contributed by atoms with Crippen molar-refractivity contribution in [2.75, 3.05) is 64.7 Å². The molecular weight excluding hydrogens is 554 g/mol. The third-order valence-electron chi connectivity index (χ3n) is 7.01. The van der Waals surface area contributed by atoms with E-state index in [1.807, 2.05) is 11.9 Å². The van der Waals surface area contributed by atoms with Crippen molar-refractivity contribution < 1.29 is 31.8 Å². The number of anilines is 2. The van der Waals surface area contributed by atoms with Gasteiger partial charge in [0.1, 0.15) is 18.5 Å². The lowest BCUT2D eigenvalue weighted by molar-refractivity contribution is -0.140. The zero-order valence-corrected chi connectivity index (χ0v) is 23.8. The van der Waals surface area contributed by atoms with Gasteiger partial charge in [0, 0.05) is 43.4 Å². The van der Waals surface area contributed by atoms with E-state index in [0.29, 0.717) is 59.7 Å². The minimum absolute atomic E-state index is 0.105. The van der Waals surface area contributed by atoms with Crippen LogP contribution in [0, 0.1) is 11.8 Å². The van der Waals surface area contributed by atoms with Gasteiger partial charge in [-0.25, -0.2) is 4.39 Å². The molecule has 1 amide bonds. The first-order valence-electron chi connectivity index (χ1n) is 13.6. The molecule has 3 N–H and O–H groups in total. The maximum atomic E-state index is 14.7. The van der Waals surface area contributed by atoms with E-state index in [0.717, 1.165) is 11.1 Å². The number of aromatic nitrogens is 1. The van der Waals surface area contributed by atoms with Crippen LogP contribution in [0.15, 0.2) is 42.5 Å². The van der Waals surface area contributed by atoms with E-state index in [4.69, 9.17) is 9.47 Å². The zero-order valence-electron chi connectivity index (χ0n) is 23.8. The van der Waals surface area contributed by atoms with Crippen molar-refractivity contribution in [3.8, 4) is 17.6 Å². The summed E-state index contributed by atoms with van der Waals surface area (Å²) in [7, 11) is 4.87. The number of nitrogens with one attached hydrogen (secondary N) is 3. The molecule has 0 saturated carbocycles. The number of alkyl halides is 4. The first kappa shape index (κ1) is 31.0. The third-order valence-corrected chi connectivity index (χ3v) is 7.01. The number of rotatable bonds is 10. The van der Waals surface area contributed by atoms with Crippen LogP contribution in [0.3, 0.4) is 0 Å². The Morgan fingerprint density at radius 3 is 2.67 bits per heavy atom. The lowest BCUT2D eigenvalue weighted by atomic mass is 10.0. The number of halogens is 4. The van der Waals surface area contributed by atoms with Gasteiger partial charge in [-0.1, -0.05) is 12.0 Å². The smallest absolute Gasteiger partial charge is 0.406 e. The van der Waals surface area contributed by atoms with Gasteiger partial charge in [-0.2, -0.15) is 13.2 Å². The fourth-order valence-corrected chi connectivity index (χ4v) is 4.90. The number of hydrogen-bond donors (Lipinski definition) is 3. The molecule has 8 nitrogen and oxygen atoms in total. The fourth-order valence-electron chi connectivity index (χ4n) is 4.90. The second-order valence-electron chi connectivity index (χ2n) is 10.1. The second kappa shape index (κ2) is 13.8. The highest BCUT2D eigenvalue weighted by atomic mass is 19.4. The molecule has 12 heteroatoms. The molecule has 1 aliphatic heterocycles. The van der Waals surface area contributed by atoms with Crippen molar-refractivity contribution >= 4 is 28.2 Å². The molecule has 2 aromatic carbocycles. The molecule has 2 heterocycles. The van der Waals surface area contributed by atoms with Gasteiger partial charge in [0.25, 0.3) is 5.91 Å². The standard InChI is InChI=1S/C30H35F4N5O3/c1-38-14-11-25(23(31)18-38)37-24-7-4-8-27-22(24)17-21(39(27)19-30(32,33)34)6-5-12-35-26-10-9-20(16-28(26)42-3)29(40)36-13-15-41-2/h4,7-10,16-17,23,25,35,37H,11-15,18-19H2,1-3H3,(H,36,40)/t23-,25+/m0/s1. The number of carbonyl (C=O) groups is 1. The summed E-state index contributed by atoms with van der Waals surface area (Å²) in [6.07, 6.45) is -4.98. The topological polar surface area (TPSA) is 79.8 Å². The zero-order chi connectivity index (χ0) is 30.3. The van der Waals surface area contributed by atoms with Crippen molar-refractivity contribution in [2.24, 2.45) is 0 Å². The molecule has 1 aliphatic rings. The first-order valence-corrected chi connectivity index (χ1v) is 13.6. The van der Waals surface area contributed by atoms with E-state index in [9.17, 15) is 22.4 Å². The van der Waals surface area contributed by atoms with E-state index in [-0.39, 0.29) is 18.1 Å². The number of carbonyl (C=O) groups excluding carboxylic acids is 1. The van der Waals surface area contributed by atoms with Gasteiger partial charge in [-0.15, -0.1) is 0 Å². The summed E-state index contributed by atoms with van der Waals surface area (Å²) in [4.78, 5) is 14.2. The molecule has 4 rings (SSSR count). The van der Waals surface area contributed by atoms with Gasteiger partial charge in [0.05, 0.1) is 43.2 Å². The van der Waals surface area contributed by atoms with E-state index >= 15 is 0 Å². The Labute approximate surface area is 242 Å². The Morgan fingerprint density at radius 2 is 1.95 bits per heavy atom. The van der Waals surface area contributed by atoms with E-state index < -0.39 is 24.9 Å². The van der Waals surface area contributed by atoms with Crippen molar-refractivity contribution in [3.05, 3.63) is 53.7 Å². The third kappa shape index (κ3) is 7.86. The van der Waals surface area contributed by atoms with Gasteiger partial charge in [0.2, 0.25) is 0 Å². The Balaban J connectivity index is 1.54. The lowest BCUT2D eigenvalue weighted by Crippen LogP contribution is -2.46. The van der Waals surface area contributed by atoms with Gasteiger partial charge < -0.3 is 34.9 Å². The number of methoxy groups -OCH3 is 2. The SMILES string of the molecule is COCCNC(=O)c1ccc(NCC#Cc2cc3c(N[C@@H]4CCN(C)C[C@@H]4F)cccc3n2CC(F)(F)F)c(OC)c1. The Kier molecular flexibility index (Phi) is 10.2. The molecule has 0 radical (unpaired) electrons. The number of ether oxygens (including phenoxy) is 2. The number of fused-ring (bicyclic) bond motifs is 1. The van der Waals surface area contributed by atoms with E-state index in [1.165, 1.54) is 7.11 Å². The van der Waals surface area contributed by atoms with E-state index in [1.54, 1.807) is 49.6 Å². The van der Waals surface area contributed by atoms with E-state index in [2.05, 4.69) is 27.8 Å². The molecular formula is C30H35F4N5O3. The van der Waals surface area contributed by atoms with Crippen LogP contribution in [-0.4, -0.2) is 87.8 Å². The van der Waals surface area contributed by atoms with Crippen LogP contribution in [0.25, 0.3) is 10.9 Å². The van der Waals surface area contributed by atoms with Crippen LogP contribution in [0.2, 0.25) is 0 Å². The summed E-state index contributed by atoms with van der Waals surface area (Å²) in [6, 6.07) is 11.1. The summed E-state index contributed by atoms with van der Waals surface area (Å²) in [5.41, 5.74) is 2.09. The molecule has 1 aromatic heterocycles. The molecule has 2 atom stereocenters. The Hall–Kier alpha value is -3.95. The van der Waals surface area contributed by atoms with Crippen LogP contribution in [-0.2, 0) is 11.3 Å². The summed E-state index contributed by atoms with van der Waals surface area (Å²) >= 11 is 0. The number of hydrogen-bond acceptors (Lipinski definition) is 6.